The van der Waals surface area contributed by atoms with E-state index in [-0.39, 0.29) is 106 Å². The molecule has 0 spiro atoms. The van der Waals surface area contributed by atoms with Gasteiger partial charge in [-0.05, 0) is 0 Å². The second kappa shape index (κ2) is 193. The summed E-state index contributed by atoms with van der Waals surface area (Å²) in [6.45, 7) is 0. The predicted octanol–water partition coefficient (Wildman–Crippen LogP) is -6.36. The Morgan fingerprint density at radius 2 is 0.444 bits per heavy atom. The molecule has 64 valence electrons. The molecule has 0 unspecified atom stereocenters. The summed E-state index contributed by atoms with van der Waals surface area (Å²) in [6, 6.07) is 0. The first-order chi connectivity index (χ1) is 0. The molecular formula is H17CaClMgO6. The Labute approximate surface area is 105 Å². The van der Waals surface area contributed by atoms with Gasteiger partial charge in [-0.2, -0.15) is 0 Å². The van der Waals surface area contributed by atoms with E-state index in [2.05, 4.69) is 0 Å². The van der Waals surface area contributed by atoms with E-state index in [1.54, 1.807) is 0 Å². The minimum atomic E-state index is 0. The van der Waals surface area contributed by atoms with Gasteiger partial charge in [0.15, 0.2) is 0 Å². The van der Waals surface area contributed by atoms with Gasteiger partial charge in [-0.1, -0.05) is 0 Å². The molecule has 0 aromatic heterocycles. The van der Waals surface area contributed by atoms with E-state index in [1.165, 1.54) is 0 Å². The van der Waals surface area contributed by atoms with Crippen molar-refractivity contribution in [2.45, 2.75) is 0 Å². The van der Waals surface area contributed by atoms with E-state index in [9.17, 15) is 0 Å². The fourth-order valence-corrected chi connectivity index (χ4v) is 0. The fourth-order valence-electron chi connectivity index (χ4n) is 0. The third kappa shape index (κ3) is 152. The van der Waals surface area contributed by atoms with Crippen molar-refractivity contribution in [2.75, 3.05) is 0 Å². The molecule has 9 heavy (non-hydrogen) atoms. The average molecular weight is 213 g/mol. The second-order valence-corrected chi connectivity index (χ2v) is 0. The average Bonchev–Trinajstić information content (AvgIpc) is 0. The topological polar surface area (TPSA) is 189 Å². The van der Waals surface area contributed by atoms with E-state index >= 15 is 0 Å². The van der Waals surface area contributed by atoms with Crippen LogP contribution in [0.3, 0.4) is 0 Å². The summed E-state index contributed by atoms with van der Waals surface area (Å²) in [6.07, 6.45) is 0. The summed E-state index contributed by atoms with van der Waals surface area (Å²) in [5, 5.41) is 0. The monoisotopic (exact) mass is 212 g/mol. The normalized spacial score (nSPS) is 0. The Bertz CT molecular complexity index is 13.0. The van der Waals surface area contributed by atoms with Gasteiger partial charge in [0.2, 0.25) is 0 Å². The SMILES string of the molecule is Cl.O.O.O.O.O.O.[CaH2].[MgH2]. The van der Waals surface area contributed by atoms with E-state index in [1.807, 2.05) is 0 Å². The van der Waals surface area contributed by atoms with Gasteiger partial charge < -0.3 is 32.9 Å². The van der Waals surface area contributed by atoms with Crippen LogP contribution in [-0.2, 0) is 0 Å². The summed E-state index contributed by atoms with van der Waals surface area (Å²) in [4.78, 5) is 0. The maximum atomic E-state index is 0. The first kappa shape index (κ1) is 261. The van der Waals surface area contributed by atoms with Gasteiger partial charge in [0.25, 0.3) is 0 Å². The molecule has 0 aliphatic rings. The molecule has 0 saturated heterocycles. The van der Waals surface area contributed by atoms with E-state index in [0.29, 0.717) is 0 Å². The Morgan fingerprint density at radius 1 is 0.444 bits per heavy atom. The van der Waals surface area contributed by atoms with Gasteiger partial charge in [-0.15, -0.1) is 12.4 Å². The Balaban J connectivity index is 0. The van der Waals surface area contributed by atoms with Crippen molar-refractivity contribution in [3.8, 4) is 0 Å². The Kier molecular flexibility index (Phi) is 5580. The zero-order valence-electron chi connectivity index (χ0n) is 3.41. The molecule has 12 N–H and O–H groups in total. The molecular weight excluding hydrogens is 196 g/mol. The quantitative estimate of drug-likeness (QED) is 0.346. The summed E-state index contributed by atoms with van der Waals surface area (Å²) >= 11 is 0. The van der Waals surface area contributed by atoms with Crippen molar-refractivity contribution in [2.24, 2.45) is 0 Å². The molecule has 9 heteroatoms. The summed E-state index contributed by atoms with van der Waals surface area (Å²) in [5.41, 5.74) is 0. The Morgan fingerprint density at radius 3 is 0.444 bits per heavy atom. The fraction of sp³-hybridized carbons (Fsp3) is 0. The zero-order chi connectivity index (χ0) is 0. The van der Waals surface area contributed by atoms with Crippen molar-refractivity contribution >= 4 is 73.2 Å². The molecule has 0 aromatic rings. The van der Waals surface area contributed by atoms with Gasteiger partial charge in [0.05, 0.1) is 0 Å². The van der Waals surface area contributed by atoms with Crippen LogP contribution in [0.4, 0.5) is 0 Å². The molecule has 0 atom stereocenters. The number of hydrogen-bond acceptors (Lipinski definition) is 0. The maximum absolute atomic E-state index is 0. The van der Waals surface area contributed by atoms with Crippen LogP contribution in [0, 0.1) is 0 Å². The third-order valence-corrected chi connectivity index (χ3v) is 0. The number of halogens is 1. The zero-order valence-corrected chi connectivity index (χ0v) is 4.22. The largest absolute Gasteiger partial charge is 0.316 e. The molecule has 0 aliphatic carbocycles. The molecule has 0 rings (SSSR count). The standard InChI is InChI=1S/Ca.ClH.Mg.6H2O.4H/h;1H;;6*1H2;;;;. The summed E-state index contributed by atoms with van der Waals surface area (Å²) in [5.74, 6) is 0. The minimum absolute atomic E-state index is 0. The maximum Gasteiger partial charge on any atom is 0.316 e. The van der Waals surface area contributed by atoms with E-state index < -0.39 is 0 Å². The van der Waals surface area contributed by atoms with Crippen molar-refractivity contribution in [1.82, 2.24) is 0 Å². The molecule has 0 aromatic carbocycles. The van der Waals surface area contributed by atoms with Crippen molar-refractivity contribution < 1.29 is 32.9 Å². The van der Waals surface area contributed by atoms with E-state index in [0.717, 1.165) is 0 Å². The Hall–Kier alpha value is 2.08. The summed E-state index contributed by atoms with van der Waals surface area (Å²) < 4.78 is 0. The van der Waals surface area contributed by atoms with Gasteiger partial charge in [0.1, 0.15) is 0 Å². The van der Waals surface area contributed by atoms with Crippen LogP contribution in [0.25, 0.3) is 0 Å². The van der Waals surface area contributed by atoms with Crippen LogP contribution >= 0.6 is 12.4 Å². The second-order valence-electron chi connectivity index (χ2n) is 0. The molecule has 0 radical (unpaired) electrons. The molecule has 6 nitrogen and oxygen atoms in total. The molecule has 0 heterocycles. The molecule has 0 fully saturated rings. The number of rotatable bonds is 0. The van der Waals surface area contributed by atoms with Crippen molar-refractivity contribution in [3.05, 3.63) is 0 Å². The van der Waals surface area contributed by atoms with Crippen LogP contribution in [0.15, 0.2) is 0 Å². The molecule has 0 aliphatic heterocycles. The first-order valence-corrected chi connectivity index (χ1v) is 0. The van der Waals surface area contributed by atoms with Crippen molar-refractivity contribution in [1.29, 1.82) is 0 Å². The van der Waals surface area contributed by atoms with Crippen LogP contribution < -0.4 is 0 Å². The van der Waals surface area contributed by atoms with Crippen LogP contribution in [0.5, 0.6) is 0 Å². The van der Waals surface area contributed by atoms with Crippen LogP contribution in [-0.4, -0.2) is 93.6 Å². The minimum Gasteiger partial charge on any atom is 0.316 e. The molecule has 0 saturated carbocycles. The predicted molar refractivity (Wildman–Crippen MR) is 46.0 cm³/mol. The molecule has 0 amide bonds. The smallest absolute Gasteiger partial charge is 0.316 e. The van der Waals surface area contributed by atoms with Crippen LogP contribution in [0.1, 0.15) is 0 Å². The van der Waals surface area contributed by atoms with Gasteiger partial charge in [0, 0.05) is 0 Å². The van der Waals surface area contributed by atoms with Crippen molar-refractivity contribution in [3.63, 3.8) is 0 Å². The van der Waals surface area contributed by atoms with Gasteiger partial charge in [-0.3, -0.25) is 0 Å². The summed E-state index contributed by atoms with van der Waals surface area (Å²) in [7, 11) is 0. The van der Waals surface area contributed by atoms with Gasteiger partial charge >= 0.3 is 60.8 Å². The van der Waals surface area contributed by atoms with Gasteiger partial charge in [-0.25, -0.2) is 0 Å². The number of hydrogen-bond donors (Lipinski definition) is 0. The van der Waals surface area contributed by atoms with E-state index in [4.69, 9.17) is 0 Å². The molecule has 0 bridgehead atoms. The third-order valence-electron chi connectivity index (χ3n) is 0. The first-order valence-electron chi connectivity index (χ1n) is 0. The van der Waals surface area contributed by atoms with Crippen LogP contribution in [0.2, 0.25) is 0 Å².